The normalized spacial score (nSPS) is 23.0. The van der Waals surface area contributed by atoms with E-state index >= 15 is 0 Å². The van der Waals surface area contributed by atoms with Crippen LogP contribution in [0.5, 0.6) is 0 Å². The Morgan fingerprint density at radius 2 is 2.22 bits per heavy atom. The average molecular weight is 288 g/mol. The minimum Gasteiger partial charge on any atom is -0.357 e. The van der Waals surface area contributed by atoms with Gasteiger partial charge in [0.2, 0.25) is 0 Å². The molecule has 1 aliphatic carbocycles. The Morgan fingerprint density at radius 1 is 1.39 bits per heavy atom. The number of nitrogens with zero attached hydrogens (tertiary/aromatic N) is 1. The molecule has 1 aromatic carbocycles. The monoisotopic (exact) mass is 287 g/mol. The minimum absolute atomic E-state index is 0. The number of benzene rings is 1. The molecule has 2 unspecified atom stereocenters. The van der Waals surface area contributed by atoms with E-state index in [1.807, 2.05) is 0 Å². The summed E-state index contributed by atoms with van der Waals surface area (Å²) in [6.45, 7) is 0. The Bertz CT molecular complexity index is 545. The lowest BCUT2D eigenvalue weighted by molar-refractivity contribution is 0.630. The van der Waals surface area contributed by atoms with Crippen LogP contribution in [0.25, 0.3) is 10.2 Å². The summed E-state index contributed by atoms with van der Waals surface area (Å²) in [6, 6.07) is 5.18. The second-order valence-corrected chi connectivity index (χ2v) is 5.51. The zero-order valence-electron chi connectivity index (χ0n) is 9.73. The predicted molar refractivity (Wildman–Crippen MR) is 76.1 cm³/mol. The molecule has 3 N–H and O–H groups in total. The molecule has 2 atom stereocenters. The number of aromatic nitrogens is 1. The molecule has 1 saturated carbocycles. The molecule has 1 aromatic heterocycles. The number of hydrogen-bond acceptors (Lipinski definition) is 4. The molecule has 0 aliphatic heterocycles. The summed E-state index contributed by atoms with van der Waals surface area (Å²) in [6.07, 6.45) is 3.32. The Kier molecular flexibility index (Phi) is 4.04. The number of hydrogen-bond donors (Lipinski definition) is 2. The van der Waals surface area contributed by atoms with Crippen LogP contribution in [0.3, 0.4) is 0 Å². The fourth-order valence-corrected chi connectivity index (χ4v) is 3.24. The molecule has 1 heterocycles. The second-order valence-electron chi connectivity index (χ2n) is 4.48. The third-order valence-corrected chi connectivity index (χ3v) is 4.18. The topological polar surface area (TPSA) is 50.9 Å². The summed E-state index contributed by atoms with van der Waals surface area (Å²) in [5.41, 5.74) is 6.84. The zero-order chi connectivity index (χ0) is 11.8. The highest BCUT2D eigenvalue weighted by atomic mass is 35.5. The fourth-order valence-electron chi connectivity index (χ4n) is 2.29. The zero-order valence-corrected chi connectivity index (χ0v) is 11.4. The standard InChI is InChI=1S/C12H14FN3S.ClH/c13-7-4-5-10-11(6-7)17-12(16-10)15-9-3-1-2-8(9)14;/h4-6,8-9H,1-3,14H2,(H,15,16);1H. The largest absolute Gasteiger partial charge is 0.357 e. The lowest BCUT2D eigenvalue weighted by Gasteiger charge is -2.15. The molecule has 6 heteroatoms. The number of rotatable bonds is 2. The van der Waals surface area contributed by atoms with Crippen molar-refractivity contribution in [3.8, 4) is 0 Å². The van der Waals surface area contributed by atoms with Gasteiger partial charge in [-0.1, -0.05) is 11.3 Å². The summed E-state index contributed by atoms with van der Waals surface area (Å²) in [5, 5.41) is 4.20. The number of fused-ring (bicyclic) bond motifs is 1. The SMILES string of the molecule is Cl.NC1CCCC1Nc1nc2ccc(F)cc2s1. The Balaban J connectivity index is 0.00000120. The molecule has 1 aliphatic rings. The molecule has 3 rings (SSSR count). The van der Waals surface area contributed by atoms with Crippen molar-refractivity contribution in [3.63, 3.8) is 0 Å². The Hall–Kier alpha value is -0.910. The van der Waals surface area contributed by atoms with Crippen LogP contribution in [0.15, 0.2) is 18.2 Å². The Morgan fingerprint density at radius 3 is 2.94 bits per heavy atom. The van der Waals surface area contributed by atoms with Gasteiger partial charge in [0.25, 0.3) is 0 Å². The van der Waals surface area contributed by atoms with Gasteiger partial charge in [0, 0.05) is 12.1 Å². The molecule has 0 amide bonds. The van der Waals surface area contributed by atoms with Gasteiger partial charge in [0.15, 0.2) is 5.13 Å². The van der Waals surface area contributed by atoms with Gasteiger partial charge in [0.05, 0.1) is 10.2 Å². The van der Waals surface area contributed by atoms with Gasteiger partial charge in [-0.25, -0.2) is 9.37 Å². The number of nitrogens with two attached hydrogens (primary N) is 1. The fraction of sp³-hybridized carbons (Fsp3) is 0.417. The summed E-state index contributed by atoms with van der Waals surface area (Å²) >= 11 is 1.48. The van der Waals surface area contributed by atoms with Gasteiger partial charge in [-0.05, 0) is 37.5 Å². The third kappa shape index (κ3) is 2.58. The van der Waals surface area contributed by atoms with E-state index in [1.165, 1.54) is 29.9 Å². The highest BCUT2D eigenvalue weighted by molar-refractivity contribution is 7.22. The van der Waals surface area contributed by atoms with Crippen LogP contribution in [0.2, 0.25) is 0 Å². The minimum atomic E-state index is -0.217. The van der Waals surface area contributed by atoms with Crippen LogP contribution < -0.4 is 11.1 Å². The van der Waals surface area contributed by atoms with Gasteiger partial charge in [0.1, 0.15) is 5.82 Å². The van der Waals surface area contributed by atoms with E-state index < -0.39 is 0 Å². The van der Waals surface area contributed by atoms with Gasteiger partial charge >= 0.3 is 0 Å². The van der Waals surface area contributed by atoms with Crippen molar-refractivity contribution in [2.24, 2.45) is 5.73 Å². The summed E-state index contributed by atoms with van der Waals surface area (Å²) in [7, 11) is 0. The molecule has 98 valence electrons. The van der Waals surface area contributed by atoms with Gasteiger partial charge in [-0.15, -0.1) is 12.4 Å². The highest BCUT2D eigenvalue weighted by Gasteiger charge is 2.24. The van der Waals surface area contributed by atoms with Crippen molar-refractivity contribution < 1.29 is 4.39 Å². The summed E-state index contributed by atoms with van der Waals surface area (Å²) < 4.78 is 13.9. The first kappa shape index (κ1) is 13.5. The number of halogens is 2. The average Bonchev–Trinajstić information content (AvgIpc) is 2.85. The number of anilines is 1. The number of thiazole rings is 1. The van der Waals surface area contributed by atoms with E-state index in [4.69, 9.17) is 5.73 Å². The molecule has 0 radical (unpaired) electrons. The van der Waals surface area contributed by atoms with Crippen molar-refractivity contribution in [1.82, 2.24) is 4.98 Å². The number of nitrogens with one attached hydrogen (secondary N) is 1. The van der Waals surface area contributed by atoms with Crippen molar-refractivity contribution in [1.29, 1.82) is 0 Å². The van der Waals surface area contributed by atoms with Crippen LogP contribution in [0, 0.1) is 5.82 Å². The van der Waals surface area contributed by atoms with Crippen LogP contribution in [-0.2, 0) is 0 Å². The van der Waals surface area contributed by atoms with Crippen LogP contribution >= 0.6 is 23.7 Å². The maximum Gasteiger partial charge on any atom is 0.184 e. The molecular formula is C12H15ClFN3S. The van der Waals surface area contributed by atoms with E-state index in [1.54, 1.807) is 6.07 Å². The van der Waals surface area contributed by atoms with Crippen molar-refractivity contribution in [2.45, 2.75) is 31.3 Å². The van der Waals surface area contributed by atoms with Crippen molar-refractivity contribution in [2.75, 3.05) is 5.32 Å². The van der Waals surface area contributed by atoms with E-state index in [-0.39, 0.29) is 24.3 Å². The van der Waals surface area contributed by atoms with Crippen LogP contribution in [0.4, 0.5) is 9.52 Å². The van der Waals surface area contributed by atoms with E-state index in [0.29, 0.717) is 6.04 Å². The molecule has 2 aromatic rings. The van der Waals surface area contributed by atoms with E-state index in [9.17, 15) is 4.39 Å². The third-order valence-electron chi connectivity index (χ3n) is 3.23. The lowest BCUT2D eigenvalue weighted by Crippen LogP contribution is -2.35. The summed E-state index contributed by atoms with van der Waals surface area (Å²) in [4.78, 5) is 4.44. The Labute approximate surface area is 115 Å². The van der Waals surface area contributed by atoms with Gasteiger partial charge in [-0.2, -0.15) is 0 Å². The van der Waals surface area contributed by atoms with Gasteiger partial charge < -0.3 is 11.1 Å². The van der Waals surface area contributed by atoms with Crippen LogP contribution in [0.1, 0.15) is 19.3 Å². The van der Waals surface area contributed by atoms with E-state index in [0.717, 1.165) is 28.2 Å². The van der Waals surface area contributed by atoms with Crippen molar-refractivity contribution in [3.05, 3.63) is 24.0 Å². The molecule has 1 fully saturated rings. The second kappa shape index (κ2) is 5.38. The van der Waals surface area contributed by atoms with Crippen LogP contribution in [-0.4, -0.2) is 17.1 Å². The molecule has 0 saturated heterocycles. The first-order valence-electron chi connectivity index (χ1n) is 5.80. The lowest BCUT2D eigenvalue weighted by atomic mass is 10.2. The van der Waals surface area contributed by atoms with E-state index in [2.05, 4.69) is 10.3 Å². The summed E-state index contributed by atoms with van der Waals surface area (Å²) in [5.74, 6) is -0.217. The quantitative estimate of drug-likeness (QED) is 0.892. The first-order chi connectivity index (χ1) is 8.22. The maximum absolute atomic E-state index is 13.1. The molecular weight excluding hydrogens is 273 g/mol. The van der Waals surface area contributed by atoms with Gasteiger partial charge in [-0.3, -0.25) is 0 Å². The highest BCUT2D eigenvalue weighted by Crippen LogP contribution is 2.29. The molecule has 18 heavy (non-hydrogen) atoms. The molecule has 3 nitrogen and oxygen atoms in total. The molecule has 0 spiro atoms. The smallest absolute Gasteiger partial charge is 0.184 e. The first-order valence-corrected chi connectivity index (χ1v) is 6.62. The predicted octanol–water partition coefficient (Wildman–Crippen LogP) is 3.15. The van der Waals surface area contributed by atoms with Crippen molar-refractivity contribution >= 4 is 39.1 Å². The maximum atomic E-state index is 13.1. The molecule has 0 bridgehead atoms.